The van der Waals surface area contributed by atoms with Gasteiger partial charge in [-0.3, -0.25) is 9.69 Å². The lowest BCUT2D eigenvalue weighted by Crippen LogP contribution is -2.55. The van der Waals surface area contributed by atoms with Gasteiger partial charge >= 0.3 is 0 Å². The molecule has 30 heavy (non-hydrogen) atoms. The van der Waals surface area contributed by atoms with Crippen LogP contribution in [0.15, 0.2) is 4.99 Å². The van der Waals surface area contributed by atoms with Crippen molar-refractivity contribution in [2.24, 2.45) is 12.0 Å². The summed E-state index contributed by atoms with van der Waals surface area (Å²) in [7, 11) is 1.98. The minimum atomic E-state index is 0. The van der Waals surface area contributed by atoms with Crippen molar-refractivity contribution >= 4 is 35.8 Å². The summed E-state index contributed by atoms with van der Waals surface area (Å²) >= 11 is 0. The van der Waals surface area contributed by atoms with Crippen molar-refractivity contribution < 1.29 is 4.79 Å². The molecule has 0 spiro atoms. The van der Waals surface area contributed by atoms with Crippen LogP contribution in [0.1, 0.15) is 51.2 Å². The number of rotatable bonds is 6. The maximum Gasteiger partial charge on any atom is 0.234 e. The molecular formula is C20H37IN8O. The van der Waals surface area contributed by atoms with Crippen molar-refractivity contribution in [2.75, 3.05) is 32.7 Å². The van der Waals surface area contributed by atoms with E-state index in [1.54, 1.807) is 0 Å². The van der Waals surface area contributed by atoms with Crippen LogP contribution in [0.4, 0.5) is 0 Å². The molecule has 2 aliphatic rings. The molecule has 9 nitrogen and oxygen atoms in total. The van der Waals surface area contributed by atoms with Crippen molar-refractivity contribution in [2.45, 2.75) is 65.1 Å². The number of nitrogens with zero attached hydrogens (tertiary/aromatic N) is 6. The van der Waals surface area contributed by atoms with E-state index in [2.05, 4.69) is 30.6 Å². The van der Waals surface area contributed by atoms with E-state index < -0.39 is 0 Å². The van der Waals surface area contributed by atoms with Gasteiger partial charge in [-0.25, -0.2) is 4.99 Å². The molecule has 1 amide bonds. The van der Waals surface area contributed by atoms with Gasteiger partial charge in [0.25, 0.3) is 0 Å². The molecule has 2 heterocycles. The Morgan fingerprint density at radius 2 is 1.83 bits per heavy atom. The lowest BCUT2D eigenvalue weighted by molar-refractivity contribution is -0.123. The Labute approximate surface area is 197 Å². The first-order chi connectivity index (χ1) is 13.9. The van der Waals surface area contributed by atoms with E-state index in [9.17, 15) is 4.79 Å². The minimum absolute atomic E-state index is 0. The standard InChI is InChI=1S/C20H36N8O.HI/c1-15(2)22-19(29)14-27-9-11-28(12-10-27)20(23-17-7-5-6-8-17)21-13-18-25-24-16(3)26(18)4;/h15,17H,5-14H2,1-4H3,(H,21,23)(H,22,29);1H. The maximum absolute atomic E-state index is 12.0. The summed E-state index contributed by atoms with van der Waals surface area (Å²) < 4.78 is 1.99. The zero-order valence-electron chi connectivity index (χ0n) is 18.7. The second-order valence-corrected chi connectivity index (χ2v) is 8.47. The molecule has 170 valence electrons. The Hall–Kier alpha value is -1.43. The second kappa shape index (κ2) is 11.8. The summed E-state index contributed by atoms with van der Waals surface area (Å²) in [6.07, 6.45) is 4.98. The van der Waals surface area contributed by atoms with Crippen molar-refractivity contribution in [3.05, 3.63) is 11.6 Å². The number of carbonyl (C=O) groups is 1. The normalized spacial score (nSPS) is 18.6. The van der Waals surface area contributed by atoms with Crippen LogP contribution < -0.4 is 10.6 Å². The van der Waals surface area contributed by atoms with E-state index in [-0.39, 0.29) is 35.9 Å². The van der Waals surface area contributed by atoms with Gasteiger partial charge in [-0.1, -0.05) is 12.8 Å². The Balaban J connectivity index is 0.00000320. The van der Waals surface area contributed by atoms with Crippen LogP contribution in [0, 0.1) is 6.92 Å². The van der Waals surface area contributed by atoms with Gasteiger partial charge in [0.2, 0.25) is 5.91 Å². The third kappa shape index (κ3) is 7.07. The smallest absolute Gasteiger partial charge is 0.234 e. The molecule has 2 fully saturated rings. The zero-order valence-corrected chi connectivity index (χ0v) is 21.1. The molecule has 1 saturated heterocycles. The van der Waals surface area contributed by atoms with Gasteiger partial charge in [0.05, 0.1) is 6.54 Å². The SMILES string of the molecule is Cc1nnc(CN=C(NC2CCCC2)N2CCN(CC(=O)NC(C)C)CC2)n1C.I. The number of carbonyl (C=O) groups excluding carboxylic acids is 1. The highest BCUT2D eigenvalue weighted by molar-refractivity contribution is 14.0. The maximum atomic E-state index is 12.0. The molecule has 3 rings (SSSR count). The number of amides is 1. The summed E-state index contributed by atoms with van der Waals surface area (Å²) in [6, 6.07) is 0.687. The van der Waals surface area contributed by atoms with Crippen LogP contribution in [0.25, 0.3) is 0 Å². The molecule has 10 heteroatoms. The van der Waals surface area contributed by atoms with E-state index in [1.165, 1.54) is 25.7 Å². The Kier molecular flexibility index (Phi) is 9.79. The lowest BCUT2D eigenvalue weighted by atomic mass is 10.2. The lowest BCUT2D eigenvalue weighted by Gasteiger charge is -2.37. The van der Waals surface area contributed by atoms with Crippen LogP contribution >= 0.6 is 24.0 Å². The van der Waals surface area contributed by atoms with Crippen molar-refractivity contribution in [1.29, 1.82) is 0 Å². The van der Waals surface area contributed by atoms with Crippen LogP contribution in [-0.2, 0) is 18.4 Å². The van der Waals surface area contributed by atoms with E-state index in [0.29, 0.717) is 19.1 Å². The number of piperazine rings is 1. The predicted molar refractivity (Wildman–Crippen MR) is 129 cm³/mol. The first-order valence-electron chi connectivity index (χ1n) is 10.8. The van der Waals surface area contributed by atoms with Gasteiger partial charge in [0.15, 0.2) is 11.8 Å². The van der Waals surface area contributed by atoms with Crippen LogP contribution in [0.3, 0.4) is 0 Å². The van der Waals surface area contributed by atoms with Crippen LogP contribution in [0.2, 0.25) is 0 Å². The molecule has 1 aliphatic heterocycles. The topological polar surface area (TPSA) is 90.7 Å². The number of aryl methyl sites for hydroxylation is 1. The molecule has 1 aliphatic carbocycles. The zero-order chi connectivity index (χ0) is 20.8. The van der Waals surface area contributed by atoms with E-state index in [4.69, 9.17) is 4.99 Å². The average molecular weight is 532 g/mol. The van der Waals surface area contributed by atoms with E-state index >= 15 is 0 Å². The molecule has 1 aromatic heterocycles. The van der Waals surface area contributed by atoms with E-state index in [0.717, 1.165) is 43.8 Å². The second-order valence-electron chi connectivity index (χ2n) is 8.47. The largest absolute Gasteiger partial charge is 0.353 e. The average Bonchev–Trinajstić information content (AvgIpc) is 3.30. The number of guanidine groups is 1. The van der Waals surface area contributed by atoms with Crippen LogP contribution in [-0.4, -0.2) is 81.2 Å². The van der Waals surface area contributed by atoms with Gasteiger partial charge in [-0.15, -0.1) is 34.2 Å². The third-order valence-electron chi connectivity index (χ3n) is 5.73. The number of halogens is 1. The number of hydrogen-bond acceptors (Lipinski definition) is 5. The fourth-order valence-electron chi connectivity index (χ4n) is 3.91. The van der Waals surface area contributed by atoms with Gasteiger partial charge in [-0.2, -0.15) is 0 Å². The number of nitrogens with one attached hydrogen (secondary N) is 2. The highest BCUT2D eigenvalue weighted by atomic mass is 127. The molecule has 0 unspecified atom stereocenters. The quantitative estimate of drug-likeness (QED) is 0.326. The Morgan fingerprint density at radius 3 is 2.40 bits per heavy atom. The monoisotopic (exact) mass is 532 g/mol. The first kappa shape index (κ1) is 24.8. The van der Waals surface area contributed by atoms with Gasteiger partial charge < -0.3 is 20.1 Å². The summed E-state index contributed by atoms with van der Waals surface area (Å²) in [4.78, 5) is 21.5. The Morgan fingerprint density at radius 1 is 1.17 bits per heavy atom. The van der Waals surface area contributed by atoms with Crippen LogP contribution in [0.5, 0.6) is 0 Å². The van der Waals surface area contributed by atoms with E-state index in [1.807, 2.05) is 32.4 Å². The summed E-state index contributed by atoms with van der Waals surface area (Å²) in [5, 5.41) is 15.0. The van der Waals surface area contributed by atoms with Gasteiger partial charge in [0.1, 0.15) is 12.4 Å². The minimum Gasteiger partial charge on any atom is -0.353 e. The molecular weight excluding hydrogens is 495 g/mol. The third-order valence-corrected chi connectivity index (χ3v) is 5.73. The molecule has 0 aromatic carbocycles. The van der Waals surface area contributed by atoms with Gasteiger partial charge in [-0.05, 0) is 33.6 Å². The Bertz CT molecular complexity index is 706. The van der Waals surface area contributed by atoms with Crippen molar-refractivity contribution in [3.8, 4) is 0 Å². The summed E-state index contributed by atoms with van der Waals surface area (Å²) in [5.74, 6) is 2.83. The fraction of sp³-hybridized carbons (Fsp3) is 0.800. The molecule has 0 bridgehead atoms. The molecule has 1 aromatic rings. The highest BCUT2D eigenvalue weighted by Gasteiger charge is 2.24. The van der Waals surface area contributed by atoms with Crippen molar-refractivity contribution in [3.63, 3.8) is 0 Å². The summed E-state index contributed by atoms with van der Waals surface area (Å²) in [5.41, 5.74) is 0. The fourth-order valence-corrected chi connectivity index (χ4v) is 3.91. The highest BCUT2D eigenvalue weighted by Crippen LogP contribution is 2.18. The number of aliphatic imine (C=N–C) groups is 1. The molecule has 0 radical (unpaired) electrons. The number of hydrogen-bond donors (Lipinski definition) is 2. The van der Waals surface area contributed by atoms with Gasteiger partial charge in [0, 0.05) is 45.3 Å². The predicted octanol–water partition coefficient (Wildman–Crippen LogP) is 1.27. The number of aromatic nitrogens is 3. The van der Waals surface area contributed by atoms with Crippen molar-refractivity contribution in [1.82, 2.24) is 35.2 Å². The first-order valence-corrected chi connectivity index (χ1v) is 10.8. The molecule has 2 N–H and O–H groups in total. The molecule has 0 atom stereocenters. The summed E-state index contributed by atoms with van der Waals surface area (Å²) in [6.45, 7) is 10.4. The molecule has 1 saturated carbocycles.